The van der Waals surface area contributed by atoms with Crippen LogP contribution in [0.1, 0.15) is 31.2 Å². The summed E-state index contributed by atoms with van der Waals surface area (Å²) in [7, 11) is -3.69. The van der Waals surface area contributed by atoms with Gasteiger partial charge in [-0.05, 0) is 31.4 Å². The second-order valence-electron chi connectivity index (χ2n) is 4.97. The Morgan fingerprint density at radius 2 is 2.00 bits per heavy atom. The standard InChI is InChI=1S/C13H18ClNO3S/c1-9-5-4-8-12(13(9)14)19(17,18)15-10-6-2-3-7-11(10)16/h4-5,8,10-11,15-16H,2-3,6-7H2,1H3. The smallest absolute Gasteiger partial charge is 0.242 e. The molecular formula is C13H18ClNO3S. The first kappa shape index (κ1) is 14.8. The van der Waals surface area contributed by atoms with Gasteiger partial charge in [-0.2, -0.15) is 0 Å². The van der Waals surface area contributed by atoms with Gasteiger partial charge in [-0.25, -0.2) is 13.1 Å². The molecule has 2 rings (SSSR count). The second-order valence-corrected chi connectivity index (χ2v) is 7.03. The molecular weight excluding hydrogens is 286 g/mol. The first-order valence-electron chi connectivity index (χ1n) is 6.37. The van der Waals surface area contributed by atoms with E-state index in [0.717, 1.165) is 12.8 Å². The molecule has 0 saturated heterocycles. The molecule has 106 valence electrons. The number of nitrogens with one attached hydrogen (secondary N) is 1. The Hall–Kier alpha value is -0.620. The first-order valence-corrected chi connectivity index (χ1v) is 8.23. The molecule has 2 atom stereocenters. The maximum Gasteiger partial charge on any atom is 0.242 e. The number of sulfonamides is 1. The van der Waals surface area contributed by atoms with Gasteiger partial charge in [-0.3, -0.25) is 0 Å². The van der Waals surface area contributed by atoms with Crippen molar-refractivity contribution >= 4 is 21.6 Å². The molecule has 1 aromatic carbocycles. The van der Waals surface area contributed by atoms with Gasteiger partial charge in [0.2, 0.25) is 10.0 Å². The minimum absolute atomic E-state index is 0.0759. The Morgan fingerprint density at radius 1 is 1.32 bits per heavy atom. The van der Waals surface area contributed by atoms with Crippen LogP contribution in [0, 0.1) is 6.92 Å². The van der Waals surface area contributed by atoms with Crippen molar-refractivity contribution in [3.8, 4) is 0 Å². The molecule has 0 aliphatic heterocycles. The summed E-state index contributed by atoms with van der Waals surface area (Å²) >= 11 is 6.05. The Kier molecular flexibility index (Phi) is 4.50. The number of hydrogen-bond acceptors (Lipinski definition) is 3. The topological polar surface area (TPSA) is 66.4 Å². The molecule has 1 fully saturated rings. The van der Waals surface area contributed by atoms with Crippen molar-refractivity contribution in [2.45, 2.75) is 49.6 Å². The van der Waals surface area contributed by atoms with E-state index in [-0.39, 0.29) is 9.92 Å². The van der Waals surface area contributed by atoms with E-state index in [4.69, 9.17) is 11.6 Å². The van der Waals surface area contributed by atoms with Crippen molar-refractivity contribution in [1.29, 1.82) is 0 Å². The number of halogens is 1. The van der Waals surface area contributed by atoms with Crippen molar-refractivity contribution < 1.29 is 13.5 Å². The SMILES string of the molecule is Cc1cccc(S(=O)(=O)NC2CCCCC2O)c1Cl. The van der Waals surface area contributed by atoms with Crippen LogP contribution in [0.2, 0.25) is 5.02 Å². The summed E-state index contributed by atoms with van der Waals surface area (Å²) in [5, 5.41) is 10.1. The minimum atomic E-state index is -3.69. The molecule has 0 spiro atoms. The molecule has 2 N–H and O–H groups in total. The molecule has 0 heterocycles. The zero-order chi connectivity index (χ0) is 14.0. The number of aliphatic hydroxyl groups excluding tert-OH is 1. The van der Waals surface area contributed by atoms with E-state index in [2.05, 4.69) is 4.72 Å². The lowest BCUT2D eigenvalue weighted by Crippen LogP contribution is -2.45. The van der Waals surface area contributed by atoms with Crippen molar-refractivity contribution in [3.05, 3.63) is 28.8 Å². The largest absolute Gasteiger partial charge is 0.391 e. The molecule has 1 aromatic rings. The number of rotatable bonds is 3. The summed E-state index contributed by atoms with van der Waals surface area (Å²) < 4.78 is 27.2. The van der Waals surface area contributed by atoms with Crippen LogP contribution < -0.4 is 4.72 Å². The monoisotopic (exact) mass is 303 g/mol. The maximum absolute atomic E-state index is 12.3. The third-order valence-electron chi connectivity index (χ3n) is 3.48. The lowest BCUT2D eigenvalue weighted by atomic mass is 9.93. The van der Waals surface area contributed by atoms with Crippen LogP contribution >= 0.6 is 11.6 Å². The zero-order valence-corrected chi connectivity index (χ0v) is 12.3. The van der Waals surface area contributed by atoms with Gasteiger partial charge in [0.1, 0.15) is 4.90 Å². The zero-order valence-electron chi connectivity index (χ0n) is 10.8. The van der Waals surface area contributed by atoms with Gasteiger partial charge in [0.25, 0.3) is 0 Å². The summed E-state index contributed by atoms with van der Waals surface area (Å²) in [4.78, 5) is 0.0759. The maximum atomic E-state index is 12.3. The van der Waals surface area contributed by atoms with Gasteiger partial charge in [-0.15, -0.1) is 0 Å². The fraction of sp³-hybridized carbons (Fsp3) is 0.538. The summed E-state index contributed by atoms with van der Waals surface area (Å²) in [6.45, 7) is 1.76. The van der Waals surface area contributed by atoms with Gasteiger partial charge in [0.05, 0.1) is 11.1 Å². The van der Waals surface area contributed by atoms with Gasteiger partial charge in [-0.1, -0.05) is 36.6 Å². The van der Waals surface area contributed by atoms with Gasteiger partial charge in [0.15, 0.2) is 0 Å². The van der Waals surface area contributed by atoms with E-state index < -0.39 is 22.2 Å². The van der Waals surface area contributed by atoms with E-state index in [1.165, 1.54) is 6.07 Å². The number of hydrogen-bond donors (Lipinski definition) is 2. The lowest BCUT2D eigenvalue weighted by Gasteiger charge is -2.28. The fourth-order valence-corrected chi connectivity index (χ4v) is 4.23. The van der Waals surface area contributed by atoms with Gasteiger partial charge >= 0.3 is 0 Å². The highest BCUT2D eigenvalue weighted by Gasteiger charge is 2.29. The summed E-state index contributed by atoms with van der Waals surface area (Å²) in [5.74, 6) is 0. The first-order chi connectivity index (χ1) is 8.92. The van der Waals surface area contributed by atoms with Crippen LogP contribution in [0.25, 0.3) is 0 Å². The van der Waals surface area contributed by atoms with Crippen LogP contribution in [-0.2, 0) is 10.0 Å². The molecule has 0 amide bonds. The van der Waals surface area contributed by atoms with Crippen LogP contribution in [0.3, 0.4) is 0 Å². The quantitative estimate of drug-likeness (QED) is 0.900. The molecule has 0 aromatic heterocycles. The van der Waals surface area contributed by atoms with Crippen molar-refractivity contribution in [2.75, 3.05) is 0 Å². The fourth-order valence-electron chi connectivity index (χ4n) is 2.34. The van der Waals surface area contributed by atoms with Crippen LogP contribution in [0.4, 0.5) is 0 Å². The van der Waals surface area contributed by atoms with Crippen LogP contribution in [0.5, 0.6) is 0 Å². The van der Waals surface area contributed by atoms with Gasteiger partial charge in [0, 0.05) is 6.04 Å². The number of aryl methyl sites for hydroxylation is 1. The molecule has 0 bridgehead atoms. The predicted octanol–water partition coefficient (Wildman–Crippen LogP) is 2.23. The minimum Gasteiger partial charge on any atom is -0.391 e. The van der Waals surface area contributed by atoms with E-state index in [1.807, 2.05) is 0 Å². The second kappa shape index (κ2) is 5.79. The Balaban J connectivity index is 2.25. The molecule has 4 nitrogen and oxygen atoms in total. The molecule has 2 unspecified atom stereocenters. The average Bonchev–Trinajstić information content (AvgIpc) is 2.35. The third-order valence-corrected chi connectivity index (χ3v) is 5.63. The van der Waals surface area contributed by atoms with Crippen molar-refractivity contribution in [3.63, 3.8) is 0 Å². The highest BCUT2D eigenvalue weighted by Crippen LogP contribution is 2.26. The normalized spacial score (nSPS) is 24.4. The van der Waals surface area contributed by atoms with Gasteiger partial charge < -0.3 is 5.11 Å². The molecule has 1 aliphatic rings. The highest BCUT2D eigenvalue weighted by atomic mass is 35.5. The van der Waals surface area contributed by atoms with E-state index in [0.29, 0.717) is 18.4 Å². The summed E-state index contributed by atoms with van der Waals surface area (Å²) in [6, 6.07) is 4.48. The molecule has 19 heavy (non-hydrogen) atoms. The number of aliphatic hydroxyl groups is 1. The Morgan fingerprint density at radius 3 is 2.68 bits per heavy atom. The predicted molar refractivity (Wildman–Crippen MR) is 74.8 cm³/mol. The number of benzene rings is 1. The summed E-state index contributed by atoms with van der Waals surface area (Å²) in [5.41, 5.74) is 0.716. The Bertz CT molecular complexity index is 559. The molecule has 6 heteroatoms. The van der Waals surface area contributed by atoms with Crippen molar-refractivity contribution in [1.82, 2.24) is 4.72 Å². The average molecular weight is 304 g/mol. The molecule has 1 saturated carbocycles. The highest BCUT2D eigenvalue weighted by molar-refractivity contribution is 7.89. The molecule has 0 radical (unpaired) electrons. The summed E-state index contributed by atoms with van der Waals surface area (Å²) in [6.07, 6.45) is 2.53. The van der Waals surface area contributed by atoms with E-state index >= 15 is 0 Å². The van der Waals surface area contributed by atoms with Crippen molar-refractivity contribution in [2.24, 2.45) is 0 Å². The molecule has 1 aliphatic carbocycles. The van der Waals surface area contributed by atoms with Crippen LogP contribution in [-0.4, -0.2) is 25.7 Å². The Labute approximate surface area is 118 Å². The van der Waals surface area contributed by atoms with Crippen LogP contribution in [0.15, 0.2) is 23.1 Å². The van der Waals surface area contributed by atoms with E-state index in [1.54, 1.807) is 19.1 Å². The van der Waals surface area contributed by atoms with E-state index in [9.17, 15) is 13.5 Å². The lowest BCUT2D eigenvalue weighted by molar-refractivity contribution is 0.101. The third kappa shape index (κ3) is 3.28.